The SMILES string of the molecule is COc1ccc(C(O)CNCc2csc(-c3ncccn3)n2)cc1.Cl. The van der Waals surface area contributed by atoms with Crippen LogP contribution in [0.4, 0.5) is 0 Å². The molecule has 0 fully saturated rings. The second-order valence-corrected chi connectivity index (χ2v) is 5.99. The van der Waals surface area contributed by atoms with Crippen LogP contribution in [0.15, 0.2) is 48.1 Å². The molecule has 0 aliphatic heterocycles. The molecule has 0 spiro atoms. The summed E-state index contributed by atoms with van der Waals surface area (Å²) in [6.07, 6.45) is 2.83. The Morgan fingerprint density at radius 3 is 2.60 bits per heavy atom. The summed E-state index contributed by atoms with van der Waals surface area (Å²) < 4.78 is 5.11. The van der Waals surface area contributed by atoms with Crippen LogP contribution in [-0.4, -0.2) is 33.7 Å². The smallest absolute Gasteiger partial charge is 0.188 e. The molecule has 0 radical (unpaired) electrons. The number of thiazole rings is 1. The number of halogens is 1. The minimum absolute atomic E-state index is 0. The number of rotatable bonds is 7. The van der Waals surface area contributed by atoms with Crippen LogP contribution >= 0.6 is 23.7 Å². The predicted octanol–water partition coefficient (Wildman–Crippen LogP) is 2.85. The van der Waals surface area contributed by atoms with Gasteiger partial charge in [0, 0.05) is 30.9 Å². The van der Waals surface area contributed by atoms with E-state index in [9.17, 15) is 5.11 Å². The molecule has 2 aromatic heterocycles. The Bertz CT molecular complexity index is 768. The van der Waals surface area contributed by atoms with Crippen LogP contribution in [-0.2, 0) is 6.54 Å². The lowest BCUT2D eigenvalue weighted by atomic mass is 10.1. The maximum Gasteiger partial charge on any atom is 0.188 e. The average molecular weight is 379 g/mol. The zero-order valence-electron chi connectivity index (χ0n) is 13.6. The molecular weight excluding hydrogens is 360 g/mol. The van der Waals surface area contributed by atoms with E-state index in [-0.39, 0.29) is 12.4 Å². The van der Waals surface area contributed by atoms with Gasteiger partial charge in [0.25, 0.3) is 0 Å². The Kier molecular flexibility index (Phi) is 7.27. The maximum atomic E-state index is 10.2. The van der Waals surface area contributed by atoms with Crippen LogP contribution in [0.25, 0.3) is 10.8 Å². The van der Waals surface area contributed by atoms with Crippen molar-refractivity contribution < 1.29 is 9.84 Å². The molecule has 3 rings (SSSR count). The molecular formula is C17H19ClN4O2S. The van der Waals surface area contributed by atoms with Crippen molar-refractivity contribution in [2.24, 2.45) is 0 Å². The van der Waals surface area contributed by atoms with Gasteiger partial charge in [-0.25, -0.2) is 15.0 Å². The molecule has 0 saturated carbocycles. The second kappa shape index (κ2) is 9.43. The van der Waals surface area contributed by atoms with E-state index < -0.39 is 6.10 Å². The molecule has 1 atom stereocenters. The van der Waals surface area contributed by atoms with Gasteiger partial charge in [-0.05, 0) is 23.8 Å². The van der Waals surface area contributed by atoms with Gasteiger partial charge in [0.2, 0.25) is 0 Å². The first-order valence-electron chi connectivity index (χ1n) is 7.51. The van der Waals surface area contributed by atoms with Crippen molar-refractivity contribution in [1.29, 1.82) is 0 Å². The Labute approximate surface area is 156 Å². The molecule has 1 unspecified atom stereocenters. The highest BCUT2D eigenvalue weighted by Crippen LogP contribution is 2.20. The first kappa shape index (κ1) is 19.3. The van der Waals surface area contributed by atoms with Crippen LogP contribution in [0.2, 0.25) is 0 Å². The van der Waals surface area contributed by atoms with Gasteiger partial charge in [-0.1, -0.05) is 12.1 Å². The summed E-state index contributed by atoms with van der Waals surface area (Å²) in [5.41, 5.74) is 1.75. The van der Waals surface area contributed by atoms with Crippen molar-refractivity contribution >= 4 is 23.7 Å². The first-order valence-corrected chi connectivity index (χ1v) is 8.39. The Hall–Kier alpha value is -2.06. The van der Waals surface area contributed by atoms with Gasteiger partial charge in [-0.15, -0.1) is 23.7 Å². The van der Waals surface area contributed by atoms with Crippen LogP contribution in [0, 0.1) is 0 Å². The van der Waals surface area contributed by atoms with Crippen molar-refractivity contribution in [3.63, 3.8) is 0 Å². The van der Waals surface area contributed by atoms with Gasteiger partial charge < -0.3 is 15.2 Å². The van der Waals surface area contributed by atoms with Gasteiger partial charge >= 0.3 is 0 Å². The number of hydrogen-bond donors (Lipinski definition) is 2. The van der Waals surface area contributed by atoms with Crippen molar-refractivity contribution in [2.75, 3.05) is 13.7 Å². The number of aliphatic hydroxyl groups is 1. The Morgan fingerprint density at radius 2 is 1.92 bits per heavy atom. The van der Waals surface area contributed by atoms with E-state index in [2.05, 4.69) is 20.3 Å². The van der Waals surface area contributed by atoms with Gasteiger partial charge in [-0.3, -0.25) is 0 Å². The maximum absolute atomic E-state index is 10.2. The third kappa shape index (κ3) is 5.20. The fraction of sp³-hybridized carbons (Fsp3) is 0.235. The third-order valence-corrected chi connectivity index (χ3v) is 4.34. The number of nitrogens with one attached hydrogen (secondary N) is 1. The number of hydrogen-bond acceptors (Lipinski definition) is 7. The van der Waals surface area contributed by atoms with E-state index in [4.69, 9.17) is 4.74 Å². The number of aromatic nitrogens is 3. The topological polar surface area (TPSA) is 80.2 Å². The highest BCUT2D eigenvalue weighted by molar-refractivity contribution is 7.13. The summed E-state index contributed by atoms with van der Waals surface area (Å²) in [6, 6.07) is 9.17. The molecule has 0 aliphatic rings. The van der Waals surface area contributed by atoms with Gasteiger partial charge in [0.1, 0.15) is 5.75 Å². The minimum atomic E-state index is -0.577. The lowest BCUT2D eigenvalue weighted by molar-refractivity contribution is 0.174. The second-order valence-electron chi connectivity index (χ2n) is 5.14. The number of benzene rings is 1. The lowest BCUT2D eigenvalue weighted by Crippen LogP contribution is -2.21. The largest absolute Gasteiger partial charge is 0.497 e. The monoisotopic (exact) mass is 378 g/mol. The van der Waals surface area contributed by atoms with Crippen molar-refractivity contribution in [1.82, 2.24) is 20.3 Å². The van der Waals surface area contributed by atoms with Crippen LogP contribution in [0.1, 0.15) is 17.4 Å². The zero-order valence-corrected chi connectivity index (χ0v) is 15.3. The van der Waals surface area contributed by atoms with E-state index in [1.54, 1.807) is 25.6 Å². The fourth-order valence-electron chi connectivity index (χ4n) is 2.18. The molecule has 8 heteroatoms. The molecule has 1 aromatic carbocycles. The third-order valence-electron chi connectivity index (χ3n) is 3.45. The summed E-state index contributed by atoms with van der Waals surface area (Å²) in [7, 11) is 1.62. The van der Waals surface area contributed by atoms with Crippen molar-refractivity contribution in [3.8, 4) is 16.6 Å². The summed E-state index contributed by atoms with van der Waals surface area (Å²) in [5, 5.41) is 16.2. The van der Waals surface area contributed by atoms with E-state index >= 15 is 0 Å². The van der Waals surface area contributed by atoms with E-state index in [1.165, 1.54) is 11.3 Å². The number of aliphatic hydroxyl groups excluding tert-OH is 1. The summed E-state index contributed by atoms with van der Waals surface area (Å²) in [4.78, 5) is 12.9. The van der Waals surface area contributed by atoms with Crippen LogP contribution < -0.4 is 10.1 Å². The Balaban J connectivity index is 0.00000225. The average Bonchev–Trinajstić information content (AvgIpc) is 3.11. The molecule has 0 amide bonds. The fourth-order valence-corrected chi connectivity index (χ4v) is 2.95. The van der Waals surface area contributed by atoms with E-state index in [1.807, 2.05) is 29.6 Å². The van der Waals surface area contributed by atoms with Crippen LogP contribution in [0.3, 0.4) is 0 Å². The number of ether oxygens (including phenoxy) is 1. The standard InChI is InChI=1S/C17H18N4O2S.ClH/c1-23-14-5-3-12(4-6-14)15(22)10-18-9-13-11-24-17(21-13)16-19-7-2-8-20-16;/h2-8,11,15,18,22H,9-10H2,1H3;1H. The number of nitrogens with zero attached hydrogens (tertiary/aromatic N) is 3. The van der Waals surface area contributed by atoms with Crippen molar-refractivity contribution in [3.05, 3.63) is 59.4 Å². The first-order chi connectivity index (χ1) is 11.8. The van der Waals surface area contributed by atoms with Crippen LogP contribution in [0.5, 0.6) is 5.75 Å². The molecule has 0 aliphatic carbocycles. The Morgan fingerprint density at radius 1 is 1.20 bits per heavy atom. The van der Waals surface area contributed by atoms with Crippen molar-refractivity contribution in [2.45, 2.75) is 12.6 Å². The molecule has 2 heterocycles. The molecule has 132 valence electrons. The van der Waals surface area contributed by atoms with Gasteiger partial charge in [0.05, 0.1) is 18.9 Å². The van der Waals surface area contributed by atoms with E-state index in [0.717, 1.165) is 22.0 Å². The summed E-state index contributed by atoms with van der Waals surface area (Å²) >= 11 is 1.51. The summed E-state index contributed by atoms with van der Waals surface area (Å²) in [5.74, 6) is 1.41. The quantitative estimate of drug-likeness (QED) is 0.658. The lowest BCUT2D eigenvalue weighted by Gasteiger charge is -2.12. The molecule has 2 N–H and O–H groups in total. The molecule has 0 saturated heterocycles. The van der Waals surface area contributed by atoms with Gasteiger partial charge in [-0.2, -0.15) is 0 Å². The molecule has 6 nitrogen and oxygen atoms in total. The molecule has 25 heavy (non-hydrogen) atoms. The minimum Gasteiger partial charge on any atom is -0.497 e. The highest BCUT2D eigenvalue weighted by Gasteiger charge is 2.09. The highest BCUT2D eigenvalue weighted by atomic mass is 35.5. The number of methoxy groups -OCH3 is 1. The zero-order chi connectivity index (χ0) is 16.8. The molecule has 0 bridgehead atoms. The normalized spacial score (nSPS) is 11.6. The molecule has 3 aromatic rings. The van der Waals surface area contributed by atoms with E-state index in [0.29, 0.717) is 18.9 Å². The van der Waals surface area contributed by atoms with Gasteiger partial charge in [0.15, 0.2) is 10.8 Å². The summed E-state index contributed by atoms with van der Waals surface area (Å²) in [6.45, 7) is 1.03. The predicted molar refractivity (Wildman–Crippen MR) is 100 cm³/mol.